The molecule has 116 valence electrons. The summed E-state index contributed by atoms with van der Waals surface area (Å²) in [7, 11) is 0. The molecule has 0 saturated heterocycles. The summed E-state index contributed by atoms with van der Waals surface area (Å²) in [6.07, 6.45) is 2.15. The molecule has 0 spiro atoms. The Kier molecular flexibility index (Phi) is 3.08. The van der Waals surface area contributed by atoms with Crippen LogP contribution in [0.4, 0.5) is 0 Å². The molecule has 0 radical (unpaired) electrons. The van der Waals surface area contributed by atoms with Gasteiger partial charge in [0.05, 0.1) is 12.0 Å². The third kappa shape index (κ3) is 2.34. The molecule has 2 aliphatic rings. The number of para-hydroxylation sites is 1. The predicted molar refractivity (Wildman–Crippen MR) is 84.7 cm³/mol. The predicted octanol–water partition coefficient (Wildman–Crippen LogP) is 2.55. The lowest BCUT2D eigenvalue weighted by molar-refractivity contribution is -0.135. The van der Waals surface area contributed by atoms with Gasteiger partial charge in [-0.2, -0.15) is 0 Å². The molecular formula is C18H15NO4. The number of hydrogen-bond acceptors (Lipinski definition) is 4. The molecule has 1 unspecified atom stereocenters. The second kappa shape index (κ2) is 5.12. The van der Waals surface area contributed by atoms with Gasteiger partial charge in [-0.1, -0.05) is 18.2 Å². The number of hydrogen-bond donors (Lipinski definition) is 1. The normalized spacial score (nSPS) is 19.1. The lowest BCUT2D eigenvalue weighted by Gasteiger charge is -2.28. The first kappa shape index (κ1) is 13.8. The van der Waals surface area contributed by atoms with Crippen molar-refractivity contribution >= 4 is 12.0 Å². The van der Waals surface area contributed by atoms with E-state index in [9.17, 15) is 9.59 Å². The summed E-state index contributed by atoms with van der Waals surface area (Å²) in [5, 5.41) is 0. The third-order valence-corrected chi connectivity index (χ3v) is 4.21. The third-order valence-electron chi connectivity index (χ3n) is 4.21. The van der Waals surface area contributed by atoms with E-state index < -0.39 is 0 Å². The number of aromatic nitrogens is 1. The van der Waals surface area contributed by atoms with Crippen molar-refractivity contribution < 1.29 is 14.3 Å². The Hall–Kier alpha value is -2.82. The highest BCUT2D eigenvalue weighted by atomic mass is 16.5. The number of aryl methyl sites for hydroxylation is 1. The van der Waals surface area contributed by atoms with Crippen LogP contribution in [0.1, 0.15) is 29.2 Å². The van der Waals surface area contributed by atoms with Crippen LogP contribution < -0.4 is 15.0 Å². The fraction of sp³-hybridized carbons (Fsp3) is 0.222. The number of benzene rings is 1. The van der Waals surface area contributed by atoms with Crippen molar-refractivity contribution in [2.45, 2.75) is 19.3 Å². The van der Waals surface area contributed by atoms with Crippen molar-refractivity contribution in [1.82, 2.24) is 4.98 Å². The van der Waals surface area contributed by atoms with E-state index >= 15 is 0 Å². The molecule has 5 heteroatoms. The molecule has 3 heterocycles. The minimum Gasteiger partial charge on any atom is -0.489 e. The van der Waals surface area contributed by atoms with Crippen LogP contribution in [0.5, 0.6) is 11.5 Å². The first-order valence-corrected chi connectivity index (χ1v) is 7.48. The minimum atomic E-state index is -0.327. The number of esters is 1. The standard InChI is InChI=1S/C18H15NO4/c1-10-6-15-17(18(21)19-10)13(8-16(20)23-15)12-7-11-4-2-3-5-14(11)22-9-12/h2-7,13H,8-9H2,1H3,(H,19,21). The molecule has 0 amide bonds. The maximum Gasteiger partial charge on any atom is 0.312 e. The lowest BCUT2D eigenvalue weighted by atomic mass is 9.85. The van der Waals surface area contributed by atoms with Crippen molar-refractivity contribution in [3.8, 4) is 11.5 Å². The van der Waals surface area contributed by atoms with Crippen LogP contribution in [0.3, 0.4) is 0 Å². The van der Waals surface area contributed by atoms with Gasteiger partial charge in [0, 0.05) is 23.2 Å². The van der Waals surface area contributed by atoms with Crippen molar-refractivity contribution in [3.63, 3.8) is 0 Å². The Labute approximate surface area is 132 Å². The number of pyridine rings is 1. The SMILES string of the molecule is Cc1cc2c(c(=O)[nH]1)C(C1=Cc3ccccc3OC1)CC(=O)O2. The molecule has 1 aromatic carbocycles. The second-order valence-electron chi connectivity index (χ2n) is 5.84. The van der Waals surface area contributed by atoms with Crippen LogP contribution in [0.15, 0.2) is 40.7 Å². The molecule has 1 N–H and O–H groups in total. The summed E-state index contributed by atoms with van der Waals surface area (Å²) in [4.78, 5) is 27.1. The van der Waals surface area contributed by atoms with Gasteiger partial charge in [0.1, 0.15) is 18.1 Å². The van der Waals surface area contributed by atoms with E-state index in [1.54, 1.807) is 13.0 Å². The Morgan fingerprint density at radius 2 is 2.00 bits per heavy atom. The average Bonchev–Trinajstić information content (AvgIpc) is 2.53. The fourth-order valence-electron chi connectivity index (χ4n) is 3.17. The summed E-state index contributed by atoms with van der Waals surface area (Å²) in [5.41, 5.74) is 2.83. The van der Waals surface area contributed by atoms with Gasteiger partial charge in [0.25, 0.3) is 5.56 Å². The molecule has 0 bridgehead atoms. The molecule has 0 fully saturated rings. The summed E-state index contributed by atoms with van der Waals surface area (Å²) in [5.74, 6) is 0.524. The highest BCUT2D eigenvalue weighted by Gasteiger charge is 2.33. The number of H-pyrrole nitrogens is 1. The van der Waals surface area contributed by atoms with Crippen molar-refractivity contribution in [3.05, 3.63) is 63.1 Å². The van der Waals surface area contributed by atoms with E-state index in [2.05, 4.69) is 4.98 Å². The first-order valence-electron chi connectivity index (χ1n) is 7.48. The van der Waals surface area contributed by atoms with Gasteiger partial charge in [0.2, 0.25) is 0 Å². The van der Waals surface area contributed by atoms with Gasteiger partial charge in [-0.3, -0.25) is 9.59 Å². The highest BCUT2D eigenvalue weighted by molar-refractivity contribution is 5.78. The van der Waals surface area contributed by atoms with Gasteiger partial charge in [-0.25, -0.2) is 0 Å². The summed E-state index contributed by atoms with van der Waals surface area (Å²) >= 11 is 0. The van der Waals surface area contributed by atoms with Gasteiger partial charge in [-0.05, 0) is 24.6 Å². The van der Waals surface area contributed by atoms with E-state index in [1.807, 2.05) is 30.3 Å². The van der Waals surface area contributed by atoms with E-state index in [4.69, 9.17) is 9.47 Å². The van der Waals surface area contributed by atoms with Crippen LogP contribution in [-0.4, -0.2) is 17.6 Å². The quantitative estimate of drug-likeness (QED) is 0.822. The van der Waals surface area contributed by atoms with Crippen LogP contribution >= 0.6 is 0 Å². The molecular weight excluding hydrogens is 294 g/mol. The van der Waals surface area contributed by atoms with Crippen LogP contribution in [-0.2, 0) is 4.79 Å². The van der Waals surface area contributed by atoms with Crippen molar-refractivity contribution in [2.75, 3.05) is 6.61 Å². The van der Waals surface area contributed by atoms with Gasteiger partial charge in [0.15, 0.2) is 0 Å². The molecule has 1 aromatic heterocycles. The molecule has 0 aliphatic carbocycles. The maximum absolute atomic E-state index is 12.4. The summed E-state index contributed by atoms with van der Waals surface area (Å²) in [6.45, 7) is 2.13. The Bertz CT molecular complexity index is 894. The molecule has 5 nitrogen and oxygen atoms in total. The summed E-state index contributed by atoms with van der Waals surface area (Å²) < 4.78 is 11.0. The fourth-order valence-corrected chi connectivity index (χ4v) is 3.17. The van der Waals surface area contributed by atoms with E-state index in [0.29, 0.717) is 23.6 Å². The highest BCUT2D eigenvalue weighted by Crippen LogP contribution is 2.39. The Morgan fingerprint density at radius 3 is 2.87 bits per heavy atom. The smallest absolute Gasteiger partial charge is 0.312 e. The molecule has 2 aromatic rings. The zero-order valence-corrected chi connectivity index (χ0v) is 12.6. The number of fused-ring (bicyclic) bond motifs is 2. The van der Waals surface area contributed by atoms with Gasteiger partial charge >= 0.3 is 5.97 Å². The zero-order chi connectivity index (χ0) is 16.0. The van der Waals surface area contributed by atoms with E-state index in [0.717, 1.165) is 16.9 Å². The topological polar surface area (TPSA) is 68.4 Å². The molecule has 23 heavy (non-hydrogen) atoms. The maximum atomic E-state index is 12.4. The lowest BCUT2D eigenvalue weighted by Crippen LogP contribution is -2.30. The van der Waals surface area contributed by atoms with Crippen LogP contribution in [0.2, 0.25) is 0 Å². The summed E-state index contributed by atoms with van der Waals surface area (Å²) in [6, 6.07) is 9.40. The van der Waals surface area contributed by atoms with E-state index in [-0.39, 0.29) is 23.9 Å². The number of rotatable bonds is 1. The number of carbonyl (C=O) groups excluding carboxylic acids is 1. The Morgan fingerprint density at radius 1 is 1.17 bits per heavy atom. The number of nitrogens with one attached hydrogen (secondary N) is 1. The van der Waals surface area contributed by atoms with Crippen molar-refractivity contribution in [1.29, 1.82) is 0 Å². The minimum absolute atomic E-state index is 0.149. The number of carbonyl (C=O) groups is 1. The number of ether oxygens (including phenoxy) is 2. The van der Waals surface area contributed by atoms with Crippen molar-refractivity contribution in [2.24, 2.45) is 0 Å². The number of aromatic amines is 1. The molecule has 4 rings (SSSR count). The Balaban J connectivity index is 1.84. The van der Waals surface area contributed by atoms with Gasteiger partial charge < -0.3 is 14.5 Å². The zero-order valence-electron chi connectivity index (χ0n) is 12.6. The van der Waals surface area contributed by atoms with E-state index in [1.165, 1.54) is 0 Å². The molecule has 2 aliphatic heterocycles. The largest absolute Gasteiger partial charge is 0.489 e. The molecule has 0 saturated carbocycles. The second-order valence-corrected chi connectivity index (χ2v) is 5.84. The van der Waals surface area contributed by atoms with Gasteiger partial charge in [-0.15, -0.1) is 0 Å². The average molecular weight is 309 g/mol. The van der Waals surface area contributed by atoms with Crippen LogP contribution in [0, 0.1) is 6.92 Å². The monoisotopic (exact) mass is 309 g/mol. The first-order chi connectivity index (χ1) is 11.1. The van der Waals surface area contributed by atoms with Crippen LogP contribution in [0.25, 0.3) is 6.08 Å². The molecule has 1 atom stereocenters.